The molecule has 0 saturated heterocycles. The number of fused-ring (bicyclic) bond motifs is 1. The summed E-state index contributed by atoms with van der Waals surface area (Å²) in [4.78, 5) is 14.7. The number of hydrogen-bond donors (Lipinski definition) is 2. The van der Waals surface area contributed by atoms with Crippen LogP contribution in [0.25, 0.3) is 0 Å². The lowest BCUT2D eigenvalue weighted by atomic mass is 10.1. The van der Waals surface area contributed by atoms with Crippen LogP contribution in [-0.4, -0.2) is 49.0 Å². The average Bonchev–Trinajstić information content (AvgIpc) is 2.76. The first-order chi connectivity index (χ1) is 14.5. The molecule has 1 aliphatic heterocycles. The maximum absolute atomic E-state index is 13.0. The maximum atomic E-state index is 13.0. The van der Waals surface area contributed by atoms with Gasteiger partial charge in [0.15, 0.2) is 6.10 Å². The second-order valence-corrected chi connectivity index (χ2v) is 7.42. The Morgan fingerprint density at radius 3 is 2.63 bits per heavy atom. The second-order valence-electron chi connectivity index (χ2n) is 7.42. The summed E-state index contributed by atoms with van der Waals surface area (Å²) in [6, 6.07) is 13.2. The summed E-state index contributed by atoms with van der Waals surface area (Å²) >= 11 is 0. The predicted molar refractivity (Wildman–Crippen MR) is 113 cm³/mol. The van der Waals surface area contributed by atoms with Crippen LogP contribution in [0.5, 0.6) is 11.5 Å². The summed E-state index contributed by atoms with van der Waals surface area (Å²) in [5, 5.41) is 13.5. The highest BCUT2D eigenvalue weighted by Crippen LogP contribution is 2.33. The molecule has 6 nitrogen and oxygen atoms in total. The Balaban J connectivity index is 1.64. The average molecular weight is 416 g/mol. The van der Waals surface area contributed by atoms with Crippen molar-refractivity contribution >= 4 is 11.6 Å². The number of rotatable bonds is 9. The van der Waals surface area contributed by atoms with Gasteiger partial charge in [0.25, 0.3) is 5.91 Å². The number of halogens is 1. The van der Waals surface area contributed by atoms with Gasteiger partial charge in [-0.15, -0.1) is 0 Å². The van der Waals surface area contributed by atoms with Crippen LogP contribution < -0.4 is 19.7 Å². The minimum absolute atomic E-state index is 0.0514. The van der Waals surface area contributed by atoms with Crippen molar-refractivity contribution in [1.82, 2.24) is 5.32 Å². The van der Waals surface area contributed by atoms with Crippen LogP contribution in [0, 0.1) is 5.82 Å². The van der Waals surface area contributed by atoms with Crippen LogP contribution >= 0.6 is 0 Å². The van der Waals surface area contributed by atoms with Crippen LogP contribution in [0.4, 0.5) is 10.1 Å². The van der Waals surface area contributed by atoms with Crippen LogP contribution in [0.1, 0.15) is 26.7 Å². The highest BCUT2D eigenvalue weighted by atomic mass is 19.1. The summed E-state index contributed by atoms with van der Waals surface area (Å²) in [7, 11) is 0. The van der Waals surface area contributed by atoms with Gasteiger partial charge in [-0.25, -0.2) is 4.39 Å². The van der Waals surface area contributed by atoms with Crippen LogP contribution in [0.15, 0.2) is 48.5 Å². The molecular weight excluding hydrogens is 387 g/mol. The van der Waals surface area contributed by atoms with E-state index < -0.39 is 12.2 Å². The normalized spacial score (nSPS) is 16.6. The molecule has 0 aromatic heterocycles. The van der Waals surface area contributed by atoms with Crippen LogP contribution in [-0.2, 0) is 4.79 Å². The van der Waals surface area contributed by atoms with Crippen molar-refractivity contribution in [2.45, 2.75) is 44.9 Å². The van der Waals surface area contributed by atoms with Crippen LogP contribution in [0.3, 0.4) is 0 Å². The first kappa shape index (κ1) is 21.9. The highest BCUT2D eigenvalue weighted by Gasteiger charge is 2.32. The molecule has 0 bridgehead atoms. The van der Waals surface area contributed by atoms with Crippen molar-refractivity contribution in [2.24, 2.45) is 0 Å². The van der Waals surface area contributed by atoms with E-state index in [-0.39, 0.29) is 30.9 Å². The summed E-state index contributed by atoms with van der Waals surface area (Å²) in [6.07, 6.45) is 0.248. The lowest BCUT2D eigenvalue weighted by Gasteiger charge is -2.37. The van der Waals surface area contributed by atoms with Crippen molar-refractivity contribution < 1.29 is 23.8 Å². The standard InChI is InChI=1S/C23H29FN2O4/c1-3-17(4-2)25-23(28)22-14-26(20-7-5-6-8-21(20)30-22)13-18(27)15-29-19-11-9-16(24)10-12-19/h5-12,17-18,22,27H,3-4,13-15H2,1-2H3,(H,25,28). The lowest BCUT2D eigenvalue weighted by Crippen LogP contribution is -2.52. The number of benzene rings is 2. The zero-order valence-electron chi connectivity index (χ0n) is 17.4. The van der Waals surface area contributed by atoms with E-state index in [0.717, 1.165) is 18.5 Å². The van der Waals surface area contributed by atoms with E-state index in [4.69, 9.17) is 9.47 Å². The SMILES string of the molecule is CCC(CC)NC(=O)C1CN(CC(O)COc2ccc(F)cc2)c2ccccc2O1. The second kappa shape index (κ2) is 10.3. The molecule has 2 aromatic rings. The number of carbonyl (C=O) groups excluding carboxylic acids is 1. The predicted octanol–water partition coefficient (Wildman–Crippen LogP) is 3.14. The van der Waals surface area contributed by atoms with E-state index in [0.29, 0.717) is 18.0 Å². The quantitative estimate of drug-likeness (QED) is 0.657. The highest BCUT2D eigenvalue weighted by molar-refractivity contribution is 5.83. The molecule has 2 atom stereocenters. The Morgan fingerprint density at radius 2 is 1.93 bits per heavy atom. The Bertz CT molecular complexity index is 826. The number of hydrogen-bond acceptors (Lipinski definition) is 5. The van der Waals surface area contributed by atoms with E-state index in [9.17, 15) is 14.3 Å². The molecule has 1 aliphatic rings. The van der Waals surface area contributed by atoms with Gasteiger partial charge in [0, 0.05) is 12.6 Å². The fraction of sp³-hybridized carbons (Fsp3) is 0.435. The minimum atomic E-state index is -0.802. The Morgan fingerprint density at radius 1 is 1.23 bits per heavy atom. The molecule has 0 fully saturated rings. The number of nitrogens with one attached hydrogen (secondary N) is 1. The summed E-state index contributed by atoms with van der Waals surface area (Å²) in [6.45, 7) is 4.73. The summed E-state index contributed by atoms with van der Waals surface area (Å²) < 4.78 is 24.5. The van der Waals surface area contributed by atoms with Gasteiger partial charge in [0.05, 0.1) is 12.2 Å². The molecule has 0 spiro atoms. The smallest absolute Gasteiger partial charge is 0.263 e. The molecule has 2 unspecified atom stereocenters. The molecule has 1 amide bonds. The van der Waals surface area contributed by atoms with Gasteiger partial charge in [-0.1, -0.05) is 26.0 Å². The zero-order valence-corrected chi connectivity index (χ0v) is 17.4. The first-order valence-electron chi connectivity index (χ1n) is 10.4. The fourth-order valence-electron chi connectivity index (χ4n) is 3.43. The van der Waals surface area contributed by atoms with Gasteiger partial charge < -0.3 is 24.8 Å². The van der Waals surface area contributed by atoms with Gasteiger partial charge in [0.1, 0.15) is 30.0 Å². The van der Waals surface area contributed by atoms with E-state index in [1.807, 2.05) is 43.0 Å². The molecule has 0 saturated carbocycles. The molecule has 7 heteroatoms. The first-order valence-corrected chi connectivity index (χ1v) is 10.4. The van der Waals surface area contributed by atoms with E-state index in [1.165, 1.54) is 24.3 Å². The van der Waals surface area contributed by atoms with Gasteiger partial charge in [-0.2, -0.15) is 0 Å². The molecule has 30 heavy (non-hydrogen) atoms. The molecule has 0 aliphatic carbocycles. The molecular formula is C23H29FN2O4. The molecule has 162 valence electrons. The van der Waals surface area contributed by atoms with Crippen molar-refractivity contribution in [3.63, 3.8) is 0 Å². The Kier molecular flexibility index (Phi) is 7.52. The van der Waals surface area contributed by atoms with Gasteiger partial charge in [0.2, 0.25) is 0 Å². The number of amides is 1. The van der Waals surface area contributed by atoms with Gasteiger partial charge in [-0.05, 0) is 49.2 Å². The van der Waals surface area contributed by atoms with Crippen molar-refractivity contribution in [3.05, 3.63) is 54.3 Å². The Labute approximate surface area is 176 Å². The number of β-amino-alcohol motifs (C(OH)–C–C–N with tert-alkyl or cyclic N) is 1. The molecule has 0 radical (unpaired) electrons. The molecule has 1 heterocycles. The minimum Gasteiger partial charge on any atom is -0.491 e. The number of aliphatic hydroxyl groups is 1. The number of ether oxygens (including phenoxy) is 2. The number of para-hydroxylation sites is 2. The van der Waals surface area contributed by atoms with E-state index >= 15 is 0 Å². The number of nitrogens with zero attached hydrogens (tertiary/aromatic N) is 1. The van der Waals surface area contributed by atoms with E-state index in [2.05, 4.69) is 5.32 Å². The maximum Gasteiger partial charge on any atom is 0.263 e. The van der Waals surface area contributed by atoms with Crippen molar-refractivity contribution in [3.8, 4) is 11.5 Å². The molecule has 2 aromatic carbocycles. The number of aliphatic hydroxyl groups excluding tert-OH is 1. The Hall–Kier alpha value is -2.80. The van der Waals surface area contributed by atoms with E-state index in [1.54, 1.807) is 0 Å². The summed E-state index contributed by atoms with van der Waals surface area (Å²) in [5.41, 5.74) is 0.824. The van der Waals surface area contributed by atoms with Gasteiger partial charge >= 0.3 is 0 Å². The topological polar surface area (TPSA) is 71.0 Å². The third-order valence-corrected chi connectivity index (χ3v) is 5.17. The molecule has 2 N–H and O–H groups in total. The number of carbonyl (C=O) groups is 1. The van der Waals surface area contributed by atoms with Crippen molar-refractivity contribution in [1.29, 1.82) is 0 Å². The zero-order chi connectivity index (χ0) is 21.5. The largest absolute Gasteiger partial charge is 0.491 e. The third kappa shape index (κ3) is 5.63. The number of anilines is 1. The van der Waals surface area contributed by atoms with Crippen molar-refractivity contribution in [2.75, 3.05) is 24.6 Å². The van der Waals surface area contributed by atoms with Crippen LogP contribution in [0.2, 0.25) is 0 Å². The molecule has 3 rings (SSSR count). The third-order valence-electron chi connectivity index (χ3n) is 5.17. The lowest BCUT2D eigenvalue weighted by molar-refractivity contribution is -0.128. The summed E-state index contributed by atoms with van der Waals surface area (Å²) in [5.74, 6) is 0.603. The van der Waals surface area contributed by atoms with Gasteiger partial charge in [-0.3, -0.25) is 4.79 Å². The monoisotopic (exact) mass is 416 g/mol. The fourth-order valence-corrected chi connectivity index (χ4v) is 3.43.